The van der Waals surface area contributed by atoms with Crippen molar-refractivity contribution in [1.82, 2.24) is 10.0 Å². The van der Waals surface area contributed by atoms with E-state index in [4.69, 9.17) is 4.84 Å². The van der Waals surface area contributed by atoms with Gasteiger partial charge in [-0.2, -0.15) is 0 Å². The maximum atomic E-state index is 5.92. The number of benzene rings is 1. The van der Waals surface area contributed by atoms with Gasteiger partial charge in [-0.3, -0.25) is 4.98 Å². The summed E-state index contributed by atoms with van der Waals surface area (Å²) in [5.41, 5.74) is 3.16. The van der Waals surface area contributed by atoms with E-state index in [1.54, 1.807) is 6.20 Å². The zero-order valence-electron chi connectivity index (χ0n) is 12.0. The molecule has 2 aromatic rings. The Bertz CT molecular complexity index is 634. The van der Waals surface area contributed by atoms with Crippen LogP contribution in [0.1, 0.15) is 23.6 Å². The fraction of sp³-hybridized carbons (Fsp3) is 0.235. The van der Waals surface area contributed by atoms with Crippen LogP contribution in [0.4, 0.5) is 0 Å². The third-order valence-corrected chi connectivity index (χ3v) is 3.88. The molecule has 1 aromatic heterocycles. The Hall–Kier alpha value is -2.13. The van der Waals surface area contributed by atoms with Crippen molar-refractivity contribution in [3.63, 3.8) is 0 Å². The molecule has 3 heteroatoms. The van der Waals surface area contributed by atoms with Gasteiger partial charge in [-0.15, -0.1) is 5.06 Å². The first-order valence-corrected chi connectivity index (χ1v) is 6.72. The van der Waals surface area contributed by atoms with Crippen molar-refractivity contribution >= 4 is 5.76 Å². The maximum absolute atomic E-state index is 5.92. The molecule has 1 aliphatic rings. The van der Waals surface area contributed by atoms with Crippen LogP contribution in [-0.2, 0) is 10.4 Å². The highest BCUT2D eigenvalue weighted by Gasteiger charge is 2.38. The Morgan fingerprint density at radius 2 is 1.90 bits per heavy atom. The van der Waals surface area contributed by atoms with E-state index in [1.807, 2.05) is 24.4 Å². The molecule has 0 saturated heterocycles. The number of aryl methyl sites for hydroxylation is 1. The normalized spacial score (nSPS) is 22.4. The van der Waals surface area contributed by atoms with Crippen LogP contribution in [0.3, 0.4) is 0 Å². The molecule has 0 radical (unpaired) electrons. The van der Waals surface area contributed by atoms with Gasteiger partial charge in [-0.25, -0.2) is 0 Å². The van der Waals surface area contributed by atoms with Gasteiger partial charge < -0.3 is 4.84 Å². The number of nitrogens with zero attached hydrogens (tertiary/aromatic N) is 2. The number of hydrogen-bond acceptors (Lipinski definition) is 3. The second-order valence-electron chi connectivity index (χ2n) is 5.35. The molecule has 0 spiro atoms. The Morgan fingerprint density at radius 3 is 2.55 bits per heavy atom. The standard InChI is InChI=1S/C17H18N2O/c1-13-6-8-14(9-7-13)16-11-17(2,19(3)20-16)15-5-4-10-18-12-15/h4-12H,1-3H3. The summed E-state index contributed by atoms with van der Waals surface area (Å²) in [4.78, 5) is 10.1. The molecule has 1 unspecified atom stereocenters. The van der Waals surface area contributed by atoms with Gasteiger partial charge in [0.2, 0.25) is 0 Å². The lowest BCUT2D eigenvalue weighted by Crippen LogP contribution is -2.34. The molecule has 0 aliphatic carbocycles. The minimum Gasteiger partial charge on any atom is -0.405 e. The lowest BCUT2D eigenvalue weighted by molar-refractivity contribution is -0.105. The fourth-order valence-electron chi connectivity index (χ4n) is 2.40. The monoisotopic (exact) mass is 266 g/mol. The van der Waals surface area contributed by atoms with Crippen molar-refractivity contribution in [3.8, 4) is 0 Å². The second-order valence-corrected chi connectivity index (χ2v) is 5.35. The highest BCUT2D eigenvalue weighted by atomic mass is 16.7. The summed E-state index contributed by atoms with van der Waals surface area (Å²) in [6, 6.07) is 12.4. The summed E-state index contributed by atoms with van der Waals surface area (Å²) >= 11 is 0. The van der Waals surface area contributed by atoms with Gasteiger partial charge >= 0.3 is 0 Å². The van der Waals surface area contributed by atoms with Crippen molar-refractivity contribution in [2.45, 2.75) is 19.4 Å². The van der Waals surface area contributed by atoms with Crippen molar-refractivity contribution < 1.29 is 4.84 Å². The number of likely N-dealkylation sites (N-methyl/N-ethyl adjacent to an activating group) is 1. The zero-order chi connectivity index (χ0) is 14.2. The van der Waals surface area contributed by atoms with Crippen molar-refractivity contribution in [1.29, 1.82) is 0 Å². The first-order valence-electron chi connectivity index (χ1n) is 6.72. The van der Waals surface area contributed by atoms with Crippen LogP contribution in [0.5, 0.6) is 0 Å². The molecule has 0 saturated carbocycles. The van der Waals surface area contributed by atoms with Gasteiger partial charge in [-0.1, -0.05) is 35.9 Å². The van der Waals surface area contributed by atoms with E-state index < -0.39 is 0 Å². The van der Waals surface area contributed by atoms with Crippen LogP contribution < -0.4 is 0 Å². The summed E-state index contributed by atoms with van der Waals surface area (Å²) < 4.78 is 0. The molecule has 20 heavy (non-hydrogen) atoms. The zero-order valence-corrected chi connectivity index (χ0v) is 12.0. The largest absolute Gasteiger partial charge is 0.405 e. The molecule has 0 fully saturated rings. The summed E-state index contributed by atoms with van der Waals surface area (Å²) in [6.45, 7) is 4.21. The quantitative estimate of drug-likeness (QED) is 0.831. The first kappa shape index (κ1) is 12.9. The molecular formula is C17H18N2O. The van der Waals surface area contributed by atoms with Crippen molar-refractivity contribution in [3.05, 3.63) is 71.6 Å². The third kappa shape index (κ3) is 2.10. The smallest absolute Gasteiger partial charge is 0.153 e. The number of hydrogen-bond donors (Lipinski definition) is 0. The summed E-state index contributed by atoms with van der Waals surface area (Å²) in [5, 5.41) is 1.87. The lowest BCUT2D eigenvalue weighted by atomic mass is 9.92. The second kappa shape index (κ2) is 4.76. The van der Waals surface area contributed by atoms with Crippen LogP contribution in [0, 0.1) is 6.92 Å². The van der Waals surface area contributed by atoms with E-state index >= 15 is 0 Å². The predicted octanol–water partition coefficient (Wildman–Crippen LogP) is 3.52. The van der Waals surface area contributed by atoms with Gasteiger partial charge in [0.05, 0.1) is 0 Å². The van der Waals surface area contributed by atoms with Crippen molar-refractivity contribution in [2.24, 2.45) is 0 Å². The van der Waals surface area contributed by atoms with Crippen molar-refractivity contribution in [2.75, 3.05) is 7.05 Å². The molecule has 3 rings (SSSR count). The topological polar surface area (TPSA) is 25.4 Å². The van der Waals surface area contributed by atoms with Gasteiger partial charge in [0.25, 0.3) is 0 Å². The van der Waals surface area contributed by atoms with Crippen LogP contribution in [0.2, 0.25) is 0 Å². The summed E-state index contributed by atoms with van der Waals surface area (Å²) in [7, 11) is 1.95. The minimum absolute atomic E-state index is 0.297. The SMILES string of the molecule is Cc1ccc(C2=CC(C)(c3cccnc3)N(C)O2)cc1. The molecule has 1 aromatic carbocycles. The Kier molecular flexibility index (Phi) is 3.07. The van der Waals surface area contributed by atoms with Crippen LogP contribution in [-0.4, -0.2) is 17.1 Å². The highest BCUT2D eigenvalue weighted by Crippen LogP contribution is 2.39. The lowest BCUT2D eigenvalue weighted by Gasteiger charge is -2.28. The highest BCUT2D eigenvalue weighted by molar-refractivity contribution is 5.63. The summed E-state index contributed by atoms with van der Waals surface area (Å²) in [5.74, 6) is 0.888. The van der Waals surface area contributed by atoms with Gasteiger partial charge in [0, 0.05) is 25.0 Å². The maximum Gasteiger partial charge on any atom is 0.153 e. The summed E-state index contributed by atoms with van der Waals surface area (Å²) in [6.07, 6.45) is 5.82. The number of pyridine rings is 1. The average molecular weight is 266 g/mol. The molecular weight excluding hydrogens is 248 g/mol. The Labute approximate surface area is 119 Å². The number of rotatable bonds is 2. The van der Waals surface area contributed by atoms with Gasteiger partial charge in [0.15, 0.2) is 5.76 Å². The molecule has 0 N–H and O–H groups in total. The van der Waals surface area contributed by atoms with E-state index in [0.717, 1.165) is 16.9 Å². The Morgan fingerprint density at radius 1 is 1.15 bits per heavy atom. The third-order valence-electron chi connectivity index (χ3n) is 3.88. The molecule has 1 atom stereocenters. The van der Waals surface area contributed by atoms with E-state index in [1.165, 1.54) is 5.56 Å². The Balaban J connectivity index is 2.00. The minimum atomic E-state index is -0.297. The average Bonchev–Trinajstić information content (AvgIpc) is 2.78. The molecule has 0 amide bonds. The van der Waals surface area contributed by atoms with Gasteiger partial charge in [0.1, 0.15) is 5.54 Å². The molecule has 0 bridgehead atoms. The molecule has 3 nitrogen and oxygen atoms in total. The van der Waals surface area contributed by atoms with Gasteiger partial charge in [-0.05, 0) is 31.6 Å². The van der Waals surface area contributed by atoms with Crippen LogP contribution in [0.15, 0.2) is 54.9 Å². The molecule has 102 valence electrons. The molecule has 2 heterocycles. The number of aromatic nitrogens is 1. The van der Waals surface area contributed by atoms with Crippen LogP contribution in [0.25, 0.3) is 5.76 Å². The molecule has 1 aliphatic heterocycles. The predicted molar refractivity (Wildman–Crippen MR) is 79.6 cm³/mol. The van der Waals surface area contributed by atoms with E-state index in [0.29, 0.717) is 0 Å². The van der Waals surface area contributed by atoms with Crippen LogP contribution >= 0.6 is 0 Å². The first-order chi connectivity index (χ1) is 9.59. The van der Waals surface area contributed by atoms with E-state index in [2.05, 4.69) is 55.2 Å². The number of hydroxylamine groups is 2. The van der Waals surface area contributed by atoms with E-state index in [9.17, 15) is 0 Å². The van der Waals surface area contributed by atoms with E-state index in [-0.39, 0.29) is 5.54 Å². The fourth-order valence-corrected chi connectivity index (χ4v) is 2.40.